The van der Waals surface area contributed by atoms with E-state index in [1.165, 1.54) is 0 Å². The summed E-state index contributed by atoms with van der Waals surface area (Å²) < 4.78 is 5.37. The molecule has 0 radical (unpaired) electrons. The quantitative estimate of drug-likeness (QED) is 0.581. The molecular formula is C10H16N2O4. The molecule has 2 fully saturated rings. The summed E-state index contributed by atoms with van der Waals surface area (Å²) >= 11 is 0. The monoisotopic (exact) mass is 228 g/mol. The van der Waals surface area contributed by atoms with E-state index >= 15 is 0 Å². The molecule has 0 bridgehead atoms. The summed E-state index contributed by atoms with van der Waals surface area (Å²) in [6.45, 7) is 1.94. The van der Waals surface area contributed by atoms with E-state index in [0.717, 1.165) is 6.42 Å². The van der Waals surface area contributed by atoms with Gasteiger partial charge in [-0.2, -0.15) is 0 Å². The molecule has 2 saturated heterocycles. The molecule has 2 aliphatic rings. The number of rotatable bonds is 5. The van der Waals surface area contributed by atoms with Crippen LogP contribution in [0.15, 0.2) is 0 Å². The van der Waals surface area contributed by atoms with Crippen LogP contribution in [-0.2, 0) is 9.53 Å². The van der Waals surface area contributed by atoms with Crippen LogP contribution in [-0.4, -0.2) is 41.4 Å². The zero-order valence-corrected chi connectivity index (χ0v) is 9.10. The van der Waals surface area contributed by atoms with Crippen LogP contribution < -0.4 is 10.6 Å². The molecule has 0 aromatic carbocycles. The summed E-state index contributed by atoms with van der Waals surface area (Å²) in [5.41, 5.74) is 0. The Morgan fingerprint density at radius 2 is 2.19 bits per heavy atom. The van der Waals surface area contributed by atoms with Crippen molar-refractivity contribution in [2.24, 2.45) is 0 Å². The van der Waals surface area contributed by atoms with E-state index in [0.29, 0.717) is 6.42 Å². The van der Waals surface area contributed by atoms with Gasteiger partial charge in [-0.25, -0.2) is 4.79 Å². The molecule has 2 heterocycles. The zero-order chi connectivity index (χ0) is 11.7. The van der Waals surface area contributed by atoms with E-state index < -0.39 is 5.97 Å². The van der Waals surface area contributed by atoms with Gasteiger partial charge in [-0.1, -0.05) is 0 Å². The highest BCUT2D eigenvalue weighted by Gasteiger charge is 2.42. The van der Waals surface area contributed by atoms with E-state index in [2.05, 4.69) is 10.6 Å². The Balaban J connectivity index is 1.69. The van der Waals surface area contributed by atoms with E-state index in [-0.39, 0.29) is 36.7 Å². The van der Waals surface area contributed by atoms with Crippen molar-refractivity contribution in [1.29, 1.82) is 0 Å². The first-order valence-corrected chi connectivity index (χ1v) is 5.50. The molecular weight excluding hydrogens is 212 g/mol. The molecule has 0 aliphatic carbocycles. The Labute approximate surface area is 93.3 Å². The molecule has 0 spiro atoms. The maximum absolute atomic E-state index is 11.0. The second kappa shape index (κ2) is 4.29. The predicted octanol–water partition coefficient (Wildman–Crippen LogP) is 0.0786. The minimum Gasteiger partial charge on any atom is -0.481 e. The van der Waals surface area contributed by atoms with Gasteiger partial charge in [0.05, 0.1) is 18.2 Å². The minimum atomic E-state index is -0.793. The summed E-state index contributed by atoms with van der Waals surface area (Å²) in [5, 5.41) is 14.1. The normalized spacial score (nSPS) is 36.7. The molecule has 0 saturated carbocycles. The molecule has 3 N–H and O–H groups in total. The van der Waals surface area contributed by atoms with Crippen LogP contribution in [0.5, 0.6) is 0 Å². The van der Waals surface area contributed by atoms with E-state index in [9.17, 15) is 9.59 Å². The van der Waals surface area contributed by atoms with Crippen LogP contribution in [0.25, 0.3) is 0 Å². The number of carboxylic acid groups (broad SMARTS) is 1. The van der Waals surface area contributed by atoms with Crippen molar-refractivity contribution < 1.29 is 19.4 Å². The third-order valence-electron chi connectivity index (χ3n) is 3.10. The molecule has 0 aromatic rings. The van der Waals surface area contributed by atoms with Crippen LogP contribution in [0.4, 0.5) is 4.79 Å². The summed E-state index contributed by atoms with van der Waals surface area (Å²) in [5.74, 6) is -0.793. The Hall–Kier alpha value is -1.30. The molecule has 2 aliphatic heterocycles. The molecule has 90 valence electrons. The molecule has 16 heavy (non-hydrogen) atoms. The summed E-state index contributed by atoms with van der Waals surface area (Å²) in [6, 6.07) is 0.0596. The second-order valence-corrected chi connectivity index (χ2v) is 4.39. The number of carboxylic acids is 1. The predicted molar refractivity (Wildman–Crippen MR) is 55.1 cm³/mol. The average Bonchev–Trinajstić information content (AvgIpc) is 2.84. The molecule has 0 unspecified atom stereocenters. The Morgan fingerprint density at radius 1 is 1.44 bits per heavy atom. The Morgan fingerprint density at radius 3 is 2.75 bits per heavy atom. The fourth-order valence-electron chi connectivity index (χ4n) is 2.06. The number of hydrogen-bond donors (Lipinski definition) is 3. The number of ether oxygens (including phenoxy) is 1. The third-order valence-corrected chi connectivity index (χ3v) is 3.10. The number of hydrogen-bond acceptors (Lipinski definition) is 3. The number of amides is 2. The van der Waals surface area contributed by atoms with Crippen molar-refractivity contribution in [3.05, 3.63) is 0 Å². The highest BCUT2D eigenvalue weighted by Crippen LogP contribution is 2.31. The van der Waals surface area contributed by atoms with Crippen molar-refractivity contribution in [3.63, 3.8) is 0 Å². The zero-order valence-electron chi connectivity index (χ0n) is 9.10. The van der Waals surface area contributed by atoms with Gasteiger partial charge in [-0.15, -0.1) is 0 Å². The van der Waals surface area contributed by atoms with Crippen LogP contribution in [0.3, 0.4) is 0 Å². The molecule has 4 atom stereocenters. The standard InChI is InChI=1S/C10H16N2O4/c1-5-6(12-10(15)11-5)4-8-7(16-8)2-3-9(13)14/h5-8H,2-4H2,1H3,(H,13,14)(H2,11,12,15)/t5-,6+,7+,8+/m0/s1. The number of urea groups is 1. The Bertz CT molecular complexity index is 307. The summed E-state index contributed by atoms with van der Waals surface area (Å²) in [7, 11) is 0. The highest BCUT2D eigenvalue weighted by atomic mass is 16.6. The topological polar surface area (TPSA) is 91.0 Å². The van der Waals surface area contributed by atoms with Gasteiger partial charge in [0.2, 0.25) is 0 Å². The second-order valence-electron chi connectivity index (χ2n) is 4.39. The fraction of sp³-hybridized carbons (Fsp3) is 0.800. The van der Waals surface area contributed by atoms with Gasteiger partial charge in [-0.05, 0) is 19.8 Å². The van der Waals surface area contributed by atoms with Crippen LogP contribution in [0.2, 0.25) is 0 Å². The molecule has 6 heteroatoms. The molecule has 2 amide bonds. The lowest BCUT2D eigenvalue weighted by Crippen LogP contribution is -2.32. The van der Waals surface area contributed by atoms with Gasteiger partial charge in [0.1, 0.15) is 0 Å². The molecule has 6 nitrogen and oxygen atoms in total. The minimum absolute atomic E-state index is 0.0563. The number of nitrogens with one attached hydrogen (secondary N) is 2. The van der Waals surface area contributed by atoms with Crippen molar-refractivity contribution >= 4 is 12.0 Å². The van der Waals surface area contributed by atoms with E-state index in [1.54, 1.807) is 0 Å². The van der Waals surface area contributed by atoms with Crippen LogP contribution in [0, 0.1) is 0 Å². The van der Waals surface area contributed by atoms with Gasteiger partial charge in [0, 0.05) is 12.5 Å². The van der Waals surface area contributed by atoms with Gasteiger partial charge < -0.3 is 20.5 Å². The summed E-state index contributed by atoms with van der Waals surface area (Å²) in [6.07, 6.45) is 1.62. The first-order valence-electron chi connectivity index (χ1n) is 5.50. The number of carbonyl (C=O) groups excluding carboxylic acids is 1. The number of aliphatic carboxylic acids is 1. The largest absolute Gasteiger partial charge is 0.481 e. The maximum Gasteiger partial charge on any atom is 0.315 e. The lowest BCUT2D eigenvalue weighted by atomic mass is 10.0. The van der Waals surface area contributed by atoms with Crippen molar-refractivity contribution in [1.82, 2.24) is 10.6 Å². The SMILES string of the molecule is C[C@@H]1NC(=O)N[C@@H]1C[C@H]1O[C@@H]1CCC(=O)O. The highest BCUT2D eigenvalue weighted by molar-refractivity contribution is 5.77. The Kier molecular flexibility index (Phi) is 3.00. The van der Waals surface area contributed by atoms with Crippen LogP contribution in [0.1, 0.15) is 26.2 Å². The summed E-state index contributed by atoms with van der Waals surface area (Å²) in [4.78, 5) is 21.4. The first-order chi connectivity index (χ1) is 7.56. The van der Waals surface area contributed by atoms with Crippen LogP contribution >= 0.6 is 0 Å². The number of carbonyl (C=O) groups is 2. The lowest BCUT2D eigenvalue weighted by molar-refractivity contribution is -0.137. The molecule has 2 rings (SSSR count). The average molecular weight is 228 g/mol. The smallest absolute Gasteiger partial charge is 0.315 e. The lowest BCUT2D eigenvalue weighted by Gasteiger charge is -2.11. The molecule has 0 aromatic heterocycles. The van der Waals surface area contributed by atoms with Gasteiger partial charge in [0.15, 0.2) is 0 Å². The fourth-order valence-corrected chi connectivity index (χ4v) is 2.06. The van der Waals surface area contributed by atoms with Gasteiger partial charge in [-0.3, -0.25) is 4.79 Å². The first kappa shape index (κ1) is 11.2. The van der Waals surface area contributed by atoms with Gasteiger partial charge in [0.25, 0.3) is 0 Å². The van der Waals surface area contributed by atoms with Crippen molar-refractivity contribution in [3.8, 4) is 0 Å². The van der Waals surface area contributed by atoms with Crippen molar-refractivity contribution in [2.75, 3.05) is 0 Å². The van der Waals surface area contributed by atoms with Gasteiger partial charge >= 0.3 is 12.0 Å². The number of epoxide rings is 1. The van der Waals surface area contributed by atoms with E-state index in [1.807, 2.05) is 6.92 Å². The third kappa shape index (κ3) is 2.63. The van der Waals surface area contributed by atoms with E-state index in [4.69, 9.17) is 9.84 Å². The maximum atomic E-state index is 11.0. The van der Waals surface area contributed by atoms with Crippen molar-refractivity contribution in [2.45, 2.75) is 50.5 Å².